The molecular weight excluding hydrogens is 174 g/mol. The Morgan fingerprint density at radius 3 is 2.46 bits per heavy atom. The van der Waals surface area contributed by atoms with E-state index in [1.165, 1.54) is 0 Å². The van der Waals surface area contributed by atoms with E-state index in [0.717, 1.165) is 19.5 Å². The lowest BCUT2D eigenvalue weighted by atomic mass is 10.0. The normalized spacial score (nSPS) is 35.1. The van der Waals surface area contributed by atoms with Crippen molar-refractivity contribution in [1.82, 2.24) is 10.2 Å². The Morgan fingerprint density at radius 2 is 1.92 bits per heavy atom. The van der Waals surface area contributed by atoms with E-state index < -0.39 is 5.92 Å². The van der Waals surface area contributed by atoms with Gasteiger partial charge in [0.15, 0.2) is 0 Å². The van der Waals surface area contributed by atoms with Gasteiger partial charge in [-0.2, -0.15) is 0 Å². The molecule has 0 aromatic heterocycles. The minimum Gasteiger partial charge on any atom is -0.315 e. The van der Waals surface area contributed by atoms with E-state index in [1.54, 1.807) is 0 Å². The third-order valence-corrected chi connectivity index (χ3v) is 3.08. The Bertz CT molecular complexity index is 168. The molecule has 13 heavy (non-hydrogen) atoms. The molecule has 76 valence electrons. The van der Waals surface area contributed by atoms with E-state index in [4.69, 9.17) is 0 Å². The first-order chi connectivity index (χ1) is 6.17. The van der Waals surface area contributed by atoms with Gasteiger partial charge in [-0.3, -0.25) is 4.90 Å². The van der Waals surface area contributed by atoms with Gasteiger partial charge in [0.25, 0.3) is 5.92 Å². The van der Waals surface area contributed by atoms with Crippen LogP contribution in [0.3, 0.4) is 0 Å². The molecule has 0 spiro atoms. The zero-order valence-electron chi connectivity index (χ0n) is 7.73. The smallest absolute Gasteiger partial charge is 0.250 e. The van der Waals surface area contributed by atoms with Crippen molar-refractivity contribution in [3.8, 4) is 0 Å². The van der Waals surface area contributed by atoms with Crippen molar-refractivity contribution >= 4 is 0 Å². The molecule has 2 aliphatic rings. The molecule has 2 rings (SSSR count). The maximum atomic E-state index is 12.8. The van der Waals surface area contributed by atoms with Gasteiger partial charge in [0.2, 0.25) is 0 Å². The number of alkyl halides is 2. The number of nitrogens with one attached hydrogen (secondary N) is 1. The van der Waals surface area contributed by atoms with Gasteiger partial charge < -0.3 is 5.32 Å². The molecule has 1 unspecified atom stereocenters. The van der Waals surface area contributed by atoms with Crippen LogP contribution in [-0.4, -0.2) is 43.0 Å². The van der Waals surface area contributed by atoms with Gasteiger partial charge in [-0.25, -0.2) is 8.78 Å². The molecule has 4 heteroatoms. The number of likely N-dealkylation sites (tertiary alicyclic amines) is 1. The van der Waals surface area contributed by atoms with E-state index in [2.05, 4.69) is 10.2 Å². The van der Waals surface area contributed by atoms with Gasteiger partial charge >= 0.3 is 0 Å². The van der Waals surface area contributed by atoms with E-state index in [0.29, 0.717) is 19.1 Å². The molecule has 1 atom stereocenters. The summed E-state index contributed by atoms with van der Waals surface area (Å²) < 4.78 is 25.6. The van der Waals surface area contributed by atoms with E-state index in [1.807, 2.05) is 0 Å². The zero-order chi connectivity index (χ0) is 9.31. The Balaban J connectivity index is 1.83. The van der Waals surface area contributed by atoms with Crippen molar-refractivity contribution < 1.29 is 8.78 Å². The minimum absolute atomic E-state index is 0.0451. The highest BCUT2D eigenvalue weighted by atomic mass is 19.3. The van der Waals surface area contributed by atoms with Crippen LogP contribution in [0.4, 0.5) is 8.78 Å². The van der Waals surface area contributed by atoms with Crippen LogP contribution in [0, 0.1) is 0 Å². The maximum absolute atomic E-state index is 12.8. The highest BCUT2D eigenvalue weighted by molar-refractivity contribution is 4.86. The molecule has 0 amide bonds. The third-order valence-electron chi connectivity index (χ3n) is 3.08. The Labute approximate surface area is 77.3 Å². The molecule has 0 radical (unpaired) electrons. The predicted molar refractivity (Wildman–Crippen MR) is 47.0 cm³/mol. The number of halogens is 2. The summed E-state index contributed by atoms with van der Waals surface area (Å²) >= 11 is 0. The van der Waals surface area contributed by atoms with Gasteiger partial charge in [-0.1, -0.05) is 0 Å². The molecular formula is C9H16F2N2. The van der Waals surface area contributed by atoms with Crippen LogP contribution >= 0.6 is 0 Å². The summed E-state index contributed by atoms with van der Waals surface area (Å²) in [5.74, 6) is -2.40. The largest absolute Gasteiger partial charge is 0.315 e. The monoisotopic (exact) mass is 190 g/mol. The number of nitrogens with zero attached hydrogens (tertiary/aromatic N) is 1. The standard InChI is InChI=1S/C9H16F2N2/c10-9(11)2-5-13(6-3-9)8-1-4-12-7-8/h8,12H,1-7H2. The fraction of sp³-hybridized carbons (Fsp3) is 1.00. The van der Waals surface area contributed by atoms with Crippen LogP contribution in [0.2, 0.25) is 0 Å². The number of rotatable bonds is 1. The van der Waals surface area contributed by atoms with Gasteiger partial charge in [0, 0.05) is 38.5 Å². The minimum atomic E-state index is -2.40. The second-order valence-corrected chi connectivity index (χ2v) is 4.04. The highest BCUT2D eigenvalue weighted by Gasteiger charge is 2.36. The highest BCUT2D eigenvalue weighted by Crippen LogP contribution is 2.29. The van der Waals surface area contributed by atoms with E-state index >= 15 is 0 Å². The summed E-state index contributed by atoms with van der Waals surface area (Å²) in [7, 11) is 0. The summed E-state index contributed by atoms with van der Waals surface area (Å²) in [6.45, 7) is 3.15. The molecule has 0 aromatic carbocycles. The summed E-state index contributed by atoms with van der Waals surface area (Å²) in [5.41, 5.74) is 0. The van der Waals surface area contributed by atoms with Gasteiger partial charge in [-0.15, -0.1) is 0 Å². The Morgan fingerprint density at radius 1 is 1.23 bits per heavy atom. The number of hydrogen-bond acceptors (Lipinski definition) is 2. The molecule has 0 aromatic rings. The quantitative estimate of drug-likeness (QED) is 0.665. The lowest BCUT2D eigenvalue weighted by molar-refractivity contribution is -0.0615. The van der Waals surface area contributed by atoms with Crippen molar-refractivity contribution in [2.75, 3.05) is 26.2 Å². The Hall–Kier alpha value is -0.220. The molecule has 1 N–H and O–H groups in total. The molecule has 2 heterocycles. The van der Waals surface area contributed by atoms with E-state index in [9.17, 15) is 8.78 Å². The maximum Gasteiger partial charge on any atom is 0.250 e. The summed E-state index contributed by atoms with van der Waals surface area (Å²) in [6.07, 6.45) is 1.21. The van der Waals surface area contributed by atoms with Crippen LogP contribution < -0.4 is 5.32 Å². The first-order valence-corrected chi connectivity index (χ1v) is 5.00. The second-order valence-electron chi connectivity index (χ2n) is 4.04. The molecule has 2 aliphatic heterocycles. The molecule has 0 aliphatic carbocycles. The zero-order valence-corrected chi connectivity index (χ0v) is 7.73. The summed E-state index contributed by atoms with van der Waals surface area (Å²) in [6, 6.07) is 0.510. The fourth-order valence-electron chi connectivity index (χ4n) is 2.17. The number of hydrogen-bond donors (Lipinski definition) is 1. The van der Waals surface area contributed by atoms with Crippen molar-refractivity contribution in [2.45, 2.75) is 31.2 Å². The predicted octanol–water partition coefficient (Wildman–Crippen LogP) is 1.08. The summed E-state index contributed by atoms with van der Waals surface area (Å²) in [5, 5.41) is 3.26. The second kappa shape index (κ2) is 3.50. The molecule has 0 saturated carbocycles. The summed E-state index contributed by atoms with van der Waals surface area (Å²) in [4.78, 5) is 2.21. The molecule has 0 bridgehead atoms. The lowest BCUT2D eigenvalue weighted by Crippen LogP contribution is -2.45. The molecule has 2 saturated heterocycles. The van der Waals surface area contributed by atoms with Crippen LogP contribution in [0.5, 0.6) is 0 Å². The SMILES string of the molecule is FC1(F)CCN(C2CCNC2)CC1. The lowest BCUT2D eigenvalue weighted by Gasteiger charge is -2.35. The Kier molecular flexibility index (Phi) is 2.51. The van der Waals surface area contributed by atoms with Crippen LogP contribution in [0.25, 0.3) is 0 Å². The molecule has 2 fully saturated rings. The van der Waals surface area contributed by atoms with Gasteiger partial charge in [-0.05, 0) is 13.0 Å². The molecule has 2 nitrogen and oxygen atoms in total. The van der Waals surface area contributed by atoms with Crippen LogP contribution in [0.1, 0.15) is 19.3 Å². The van der Waals surface area contributed by atoms with Crippen molar-refractivity contribution in [3.63, 3.8) is 0 Å². The number of piperidine rings is 1. The average Bonchev–Trinajstić information content (AvgIpc) is 2.56. The van der Waals surface area contributed by atoms with E-state index in [-0.39, 0.29) is 12.8 Å². The van der Waals surface area contributed by atoms with Crippen molar-refractivity contribution in [3.05, 3.63) is 0 Å². The van der Waals surface area contributed by atoms with Crippen LogP contribution in [0.15, 0.2) is 0 Å². The first-order valence-electron chi connectivity index (χ1n) is 5.00. The first kappa shape index (κ1) is 9.34. The fourth-order valence-corrected chi connectivity index (χ4v) is 2.17. The van der Waals surface area contributed by atoms with Gasteiger partial charge in [0.1, 0.15) is 0 Å². The third kappa shape index (κ3) is 2.17. The van der Waals surface area contributed by atoms with Gasteiger partial charge in [0.05, 0.1) is 0 Å². The van der Waals surface area contributed by atoms with Crippen LogP contribution in [-0.2, 0) is 0 Å². The average molecular weight is 190 g/mol. The van der Waals surface area contributed by atoms with Crippen molar-refractivity contribution in [2.24, 2.45) is 0 Å². The van der Waals surface area contributed by atoms with Crippen molar-refractivity contribution in [1.29, 1.82) is 0 Å². The topological polar surface area (TPSA) is 15.3 Å².